The van der Waals surface area contributed by atoms with Crippen LogP contribution in [0.2, 0.25) is 0 Å². The number of likely N-dealkylation sites (N-methyl/N-ethyl adjacent to an activating group) is 1. The molecular formula is C15H18N2O. The molecule has 18 heavy (non-hydrogen) atoms. The number of nitrogens with zero attached hydrogens (tertiary/aromatic N) is 2. The van der Waals surface area contributed by atoms with Crippen molar-refractivity contribution in [1.29, 1.82) is 0 Å². The number of aryl methyl sites for hydroxylation is 1. The third kappa shape index (κ3) is 2.80. The molecule has 0 fully saturated rings. The molecule has 2 rings (SSSR count). The normalized spacial score (nSPS) is 10.3. The van der Waals surface area contributed by atoms with Crippen LogP contribution in [0, 0.1) is 6.92 Å². The lowest BCUT2D eigenvalue weighted by molar-refractivity contribution is -0.119. The van der Waals surface area contributed by atoms with Crippen LogP contribution in [0.15, 0.2) is 48.8 Å². The van der Waals surface area contributed by atoms with Gasteiger partial charge in [-0.3, -0.25) is 4.79 Å². The van der Waals surface area contributed by atoms with E-state index in [0.29, 0.717) is 13.1 Å². The predicted molar refractivity (Wildman–Crippen MR) is 73.6 cm³/mol. The third-order valence-corrected chi connectivity index (χ3v) is 2.95. The maximum atomic E-state index is 12.2. The van der Waals surface area contributed by atoms with Gasteiger partial charge < -0.3 is 9.47 Å². The van der Waals surface area contributed by atoms with Gasteiger partial charge in [0.1, 0.15) is 6.54 Å². The first-order valence-corrected chi connectivity index (χ1v) is 6.18. The summed E-state index contributed by atoms with van der Waals surface area (Å²) in [4.78, 5) is 14.0. The first kappa shape index (κ1) is 12.4. The highest BCUT2D eigenvalue weighted by Crippen LogP contribution is 2.15. The third-order valence-electron chi connectivity index (χ3n) is 2.95. The van der Waals surface area contributed by atoms with E-state index >= 15 is 0 Å². The number of benzene rings is 1. The fourth-order valence-corrected chi connectivity index (χ4v) is 1.94. The fraction of sp³-hybridized carbons (Fsp3) is 0.267. The fourth-order valence-electron chi connectivity index (χ4n) is 1.94. The minimum Gasteiger partial charge on any atom is -0.345 e. The zero-order chi connectivity index (χ0) is 13.0. The van der Waals surface area contributed by atoms with Gasteiger partial charge in [0, 0.05) is 24.6 Å². The number of carbonyl (C=O) groups is 1. The summed E-state index contributed by atoms with van der Waals surface area (Å²) < 4.78 is 1.89. The van der Waals surface area contributed by atoms with E-state index in [-0.39, 0.29) is 5.91 Å². The van der Waals surface area contributed by atoms with Crippen molar-refractivity contribution in [3.63, 3.8) is 0 Å². The minimum atomic E-state index is 0.109. The zero-order valence-corrected chi connectivity index (χ0v) is 10.8. The van der Waals surface area contributed by atoms with E-state index in [0.717, 1.165) is 5.69 Å². The maximum Gasteiger partial charge on any atom is 0.246 e. The number of rotatable bonds is 4. The first-order valence-electron chi connectivity index (χ1n) is 6.18. The van der Waals surface area contributed by atoms with Crippen LogP contribution in [0.25, 0.3) is 0 Å². The van der Waals surface area contributed by atoms with Crippen LogP contribution in [0.1, 0.15) is 12.5 Å². The molecule has 1 heterocycles. The van der Waals surface area contributed by atoms with Gasteiger partial charge in [-0.15, -0.1) is 0 Å². The molecule has 0 bridgehead atoms. The number of amides is 1. The highest BCUT2D eigenvalue weighted by Gasteiger charge is 2.13. The van der Waals surface area contributed by atoms with E-state index in [4.69, 9.17) is 0 Å². The Balaban J connectivity index is 2.13. The molecule has 0 aliphatic rings. The molecule has 0 saturated carbocycles. The zero-order valence-electron chi connectivity index (χ0n) is 10.8. The molecule has 94 valence electrons. The average Bonchev–Trinajstić information content (AvgIpc) is 2.85. The Labute approximate surface area is 108 Å². The molecule has 0 aliphatic heterocycles. The van der Waals surface area contributed by atoms with Crippen LogP contribution >= 0.6 is 0 Å². The molecule has 0 saturated heterocycles. The van der Waals surface area contributed by atoms with E-state index in [9.17, 15) is 4.79 Å². The summed E-state index contributed by atoms with van der Waals surface area (Å²) in [6.07, 6.45) is 3.81. The minimum absolute atomic E-state index is 0.109. The van der Waals surface area contributed by atoms with Gasteiger partial charge in [-0.25, -0.2) is 0 Å². The van der Waals surface area contributed by atoms with Crippen LogP contribution in [0.3, 0.4) is 0 Å². The lowest BCUT2D eigenvalue weighted by atomic mass is 10.2. The molecule has 0 radical (unpaired) electrons. The van der Waals surface area contributed by atoms with E-state index in [1.807, 2.05) is 67.2 Å². The van der Waals surface area contributed by atoms with Crippen molar-refractivity contribution in [2.24, 2.45) is 0 Å². The summed E-state index contributed by atoms with van der Waals surface area (Å²) in [7, 11) is 0. The van der Waals surface area contributed by atoms with Crippen LogP contribution in [0.4, 0.5) is 5.69 Å². The van der Waals surface area contributed by atoms with Crippen molar-refractivity contribution in [2.45, 2.75) is 20.4 Å². The maximum absolute atomic E-state index is 12.2. The Hall–Kier alpha value is -2.03. The van der Waals surface area contributed by atoms with Crippen molar-refractivity contribution in [1.82, 2.24) is 4.57 Å². The molecule has 0 aliphatic carbocycles. The van der Waals surface area contributed by atoms with Crippen molar-refractivity contribution in [2.75, 3.05) is 11.4 Å². The molecule has 0 unspecified atom stereocenters. The summed E-state index contributed by atoms with van der Waals surface area (Å²) in [6, 6.07) is 11.9. The number of carbonyl (C=O) groups excluding carboxylic acids is 1. The predicted octanol–water partition coefficient (Wildman–Crippen LogP) is 2.85. The van der Waals surface area contributed by atoms with Crippen molar-refractivity contribution in [3.05, 3.63) is 54.4 Å². The molecule has 1 amide bonds. The molecule has 0 N–H and O–H groups in total. The first-order chi connectivity index (χ1) is 8.70. The summed E-state index contributed by atoms with van der Waals surface area (Å²) >= 11 is 0. The smallest absolute Gasteiger partial charge is 0.246 e. The molecule has 3 heteroatoms. The van der Waals surface area contributed by atoms with Gasteiger partial charge in [-0.2, -0.15) is 0 Å². The lowest BCUT2D eigenvalue weighted by Crippen LogP contribution is -2.33. The van der Waals surface area contributed by atoms with E-state index in [2.05, 4.69) is 0 Å². The Kier molecular flexibility index (Phi) is 3.82. The van der Waals surface area contributed by atoms with Crippen molar-refractivity contribution >= 4 is 11.6 Å². The second kappa shape index (κ2) is 5.54. The van der Waals surface area contributed by atoms with E-state index < -0.39 is 0 Å². The highest BCUT2D eigenvalue weighted by atomic mass is 16.2. The van der Waals surface area contributed by atoms with Gasteiger partial charge in [0.2, 0.25) is 5.91 Å². The average molecular weight is 242 g/mol. The van der Waals surface area contributed by atoms with Crippen LogP contribution < -0.4 is 4.90 Å². The summed E-state index contributed by atoms with van der Waals surface area (Å²) in [6.45, 7) is 5.10. The van der Waals surface area contributed by atoms with E-state index in [1.54, 1.807) is 4.90 Å². The Morgan fingerprint density at radius 1 is 1.17 bits per heavy atom. The summed E-state index contributed by atoms with van der Waals surface area (Å²) in [5.74, 6) is 0.109. The SMILES string of the molecule is CCN(C(=O)Cn1cccc1)c1ccc(C)cc1. The second-order valence-electron chi connectivity index (χ2n) is 4.33. The van der Waals surface area contributed by atoms with Crippen molar-refractivity contribution in [3.8, 4) is 0 Å². The molecule has 0 atom stereocenters. The van der Waals surface area contributed by atoms with Gasteiger partial charge in [0.25, 0.3) is 0 Å². The molecule has 1 aromatic carbocycles. The number of aromatic nitrogens is 1. The second-order valence-corrected chi connectivity index (χ2v) is 4.33. The van der Waals surface area contributed by atoms with Crippen LogP contribution in [0.5, 0.6) is 0 Å². The standard InChI is InChI=1S/C15H18N2O/c1-3-17(14-8-6-13(2)7-9-14)15(18)12-16-10-4-5-11-16/h4-11H,3,12H2,1-2H3. The van der Waals surface area contributed by atoms with Crippen LogP contribution in [-0.4, -0.2) is 17.0 Å². The molecule has 1 aromatic heterocycles. The van der Waals surface area contributed by atoms with Gasteiger partial charge in [0.15, 0.2) is 0 Å². The lowest BCUT2D eigenvalue weighted by Gasteiger charge is -2.21. The Bertz CT molecular complexity index is 500. The molecule has 3 nitrogen and oxygen atoms in total. The molecular weight excluding hydrogens is 224 g/mol. The van der Waals surface area contributed by atoms with Crippen LogP contribution in [-0.2, 0) is 11.3 Å². The monoisotopic (exact) mass is 242 g/mol. The number of hydrogen-bond acceptors (Lipinski definition) is 1. The number of anilines is 1. The highest BCUT2D eigenvalue weighted by molar-refractivity contribution is 5.93. The van der Waals surface area contributed by atoms with Crippen molar-refractivity contribution < 1.29 is 4.79 Å². The number of hydrogen-bond donors (Lipinski definition) is 0. The van der Waals surface area contributed by atoms with E-state index in [1.165, 1.54) is 5.56 Å². The van der Waals surface area contributed by atoms with Gasteiger partial charge in [-0.1, -0.05) is 17.7 Å². The Morgan fingerprint density at radius 3 is 2.33 bits per heavy atom. The van der Waals surface area contributed by atoms with Gasteiger partial charge in [-0.05, 0) is 38.1 Å². The molecule has 0 spiro atoms. The molecule has 2 aromatic rings. The quantitative estimate of drug-likeness (QED) is 0.809. The summed E-state index contributed by atoms with van der Waals surface area (Å²) in [5, 5.41) is 0. The van der Waals surface area contributed by atoms with Gasteiger partial charge >= 0.3 is 0 Å². The van der Waals surface area contributed by atoms with Gasteiger partial charge in [0.05, 0.1) is 0 Å². The largest absolute Gasteiger partial charge is 0.345 e. The Morgan fingerprint density at radius 2 is 1.78 bits per heavy atom. The summed E-state index contributed by atoms with van der Waals surface area (Å²) in [5.41, 5.74) is 2.16. The topological polar surface area (TPSA) is 25.2 Å².